The number of aliphatic hydroxyl groups is 1. The molecule has 1 unspecified atom stereocenters. The van der Waals surface area contributed by atoms with Crippen molar-refractivity contribution in [1.29, 1.82) is 0 Å². The molecule has 142 valence electrons. The molecule has 6 atom stereocenters. The van der Waals surface area contributed by atoms with Crippen LogP contribution in [0.2, 0.25) is 0 Å². The van der Waals surface area contributed by atoms with Gasteiger partial charge in [0.2, 0.25) is 0 Å². The number of nitrogens with zero attached hydrogens (tertiary/aromatic N) is 1. The van der Waals surface area contributed by atoms with E-state index in [4.69, 9.17) is 0 Å². The predicted molar refractivity (Wildman–Crippen MR) is 106 cm³/mol. The quantitative estimate of drug-likeness (QED) is 0.743. The monoisotopic (exact) mass is 363 g/mol. The van der Waals surface area contributed by atoms with Crippen molar-refractivity contribution < 1.29 is 9.90 Å². The Labute approximate surface area is 161 Å². The number of ketones is 1. The van der Waals surface area contributed by atoms with Crippen molar-refractivity contribution in [1.82, 2.24) is 4.98 Å². The molecule has 0 amide bonds. The van der Waals surface area contributed by atoms with Gasteiger partial charge >= 0.3 is 0 Å². The van der Waals surface area contributed by atoms with E-state index >= 15 is 0 Å². The number of allylic oxidation sites excluding steroid dienone is 3. The Morgan fingerprint density at radius 1 is 1.15 bits per heavy atom. The number of carbonyl (C=O) groups is 1. The number of pyridine rings is 1. The fraction of sp³-hybridized carbons (Fsp3) is 0.583. The summed E-state index contributed by atoms with van der Waals surface area (Å²) >= 11 is 0. The molecule has 1 heterocycles. The van der Waals surface area contributed by atoms with E-state index < -0.39 is 6.10 Å². The largest absolute Gasteiger partial charge is 0.389 e. The van der Waals surface area contributed by atoms with Gasteiger partial charge in [0, 0.05) is 19.0 Å². The van der Waals surface area contributed by atoms with Crippen molar-refractivity contribution in [3.63, 3.8) is 0 Å². The normalized spacial score (nSPS) is 43.3. The van der Waals surface area contributed by atoms with Gasteiger partial charge in [-0.15, -0.1) is 0 Å². The van der Waals surface area contributed by atoms with Crippen LogP contribution in [0.1, 0.15) is 58.1 Å². The summed E-state index contributed by atoms with van der Waals surface area (Å²) in [5.74, 6) is 1.55. The second-order valence-corrected chi connectivity index (χ2v) is 9.63. The highest BCUT2D eigenvalue weighted by molar-refractivity contribution is 5.82. The SMILES string of the molecule is C[C@]12CCC(=O)CC1=CC(O)[C@@H]1[C@@H]2CC[C@]2(C)C(c3ccccn3)=CC[C@@H]12. The van der Waals surface area contributed by atoms with E-state index in [0.717, 1.165) is 31.4 Å². The first kappa shape index (κ1) is 17.4. The van der Waals surface area contributed by atoms with Gasteiger partial charge in [0.1, 0.15) is 5.78 Å². The van der Waals surface area contributed by atoms with Crippen LogP contribution in [0.15, 0.2) is 42.1 Å². The minimum absolute atomic E-state index is 0.0860. The third kappa shape index (κ3) is 2.37. The maximum atomic E-state index is 12.0. The van der Waals surface area contributed by atoms with Gasteiger partial charge in [-0.05, 0) is 72.0 Å². The van der Waals surface area contributed by atoms with E-state index in [1.165, 1.54) is 11.1 Å². The topological polar surface area (TPSA) is 50.2 Å². The molecular weight excluding hydrogens is 334 g/mol. The lowest BCUT2D eigenvalue weighted by Gasteiger charge is -2.58. The van der Waals surface area contributed by atoms with Crippen molar-refractivity contribution >= 4 is 11.4 Å². The third-order valence-electron chi connectivity index (χ3n) is 8.48. The number of aromatic nitrogens is 1. The summed E-state index contributed by atoms with van der Waals surface area (Å²) < 4.78 is 0. The molecule has 2 saturated carbocycles. The highest BCUT2D eigenvalue weighted by Gasteiger charge is 2.59. The first-order valence-electron chi connectivity index (χ1n) is 10.5. The van der Waals surface area contributed by atoms with Gasteiger partial charge in [0.05, 0.1) is 11.8 Å². The standard InChI is InChI=1S/C24H29NO2/c1-23-10-8-16(26)13-15(23)14-21(27)22-18-7-6-17(20-5-3-4-12-25-20)24(18,2)11-9-19(22)23/h3-6,12,14,18-19,21-22,27H,7-11,13H2,1-2H3/t18-,19-,21?,22-,23-,24+/m0/s1. The Hall–Kier alpha value is -1.74. The first-order chi connectivity index (χ1) is 12.9. The summed E-state index contributed by atoms with van der Waals surface area (Å²) in [7, 11) is 0. The molecule has 1 N–H and O–H groups in total. The molecule has 1 aromatic heterocycles. The van der Waals surface area contributed by atoms with Crippen LogP contribution in [0.25, 0.3) is 5.57 Å². The molecule has 2 fully saturated rings. The molecule has 3 heteroatoms. The summed E-state index contributed by atoms with van der Waals surface area (Å²) in [4.78, 5) is 16.6. The molecular formula is C24H29NO2. The second kappa shape index (κ2) is 5.88. The minimum Gasteiger partial charge on any atom is -0.389 e. The summed E-state index contributed by atoms with van der Waals surface area (Å²) in [6, 6.07) is 6.16. The van der Waals surface area contributed by atoms with Crippen LogP contribution >= 0.6 is 0 Å². The Balaban J connectivity index is 1.52. The van der Waals surface area contributed by atoms with Crippen molar-refractivity contribution in [2.24, 2.45) is 28.6 Å². The minimum atomic E-state index is -0.426. The fourth-order valence-corrected chi connectivity index (χ4v) is 6.96. The summed E-state index contributed by atoms with van der Waals surface area (Å²) in [5.41, 5.74) is 3.86. The molecule has 0 spiro atoms. The van der Waals surface area contributed by atoms with Crippen LogP contribution in [0.3, 0.4) is 0 Å². The lowest BCUT2D eigenvalue weighted by atomic mass is 9.47. The Bertz CT molecular complexity index is 841. The first-order valence-corrected chi connectivity index (χ1v) is 10.5. The van der Waals surface area contributed by atoms with Gasteiger partial charge in [0.25, 0.3) is 0 Å². The van der Waals surface area contributed by atoms with E-state index in [-0.39, 0.29) is 16.7 Å². The number of fused-ring (bicyclic) bond motifs is 5. The van der Waals surface area contributed by atoms with Gasteiger partial charge in [-0.1, -0.05) is 37.6 Å². The van der Waals surface area contributed by atoms with Gasteiger partial charge < -0.3 is 5.11 Å². The molecule has 3 nitrogen and oxygen atoms in total. The van der Waals surface area contributed by atoms with Crippen molar-refractivity contribution in [3.8, 4) is 0 Å². The van der Waals surface area contributed by atoms with E-state index in [0.29, 0.717) is 30.5 Å². The van der Waals surface area contributed by atoms with Crippen LogP contribution in [0, 0.1) is 28.6 Å². The van der Waals surface area contributed by atoms with Crippen LogP contribution in [0.5, 0.6) is 0 Å². The lowest BCUT2D eigenvalue weighted by Crippen LogP contribution is -2.54. The van der Waals surface area contributed by atoms with Crippen LogP contribution in [-0.4, -0.2) is 22.0 Å². The summed E-state index contributed by atoms with van der Waals surface area (Å²) in [5, 5.41) is 11.1. The maximum absolute atomic E-state index is 12.0. The van der Waals surface area contributed by atoms with Gasteiger partial charge in [-0.25, -0.2) is 0 Å². The highest BCUT2D eigenvalue weighted by Crippen LogP contribution is 2.65. The molecule has 4 aliphatic carbocycles. The lowest BCUT2D eigenvalue weighted by molar-refractivity contribution is -0.123. The van der Waals surface area contributed by atoms with E-state index in [2.05, 4.69) is 43.1 Å². The van der Waals surface area contributed by atoms with E-state index in [9.17, 15) is 9.90 Å². The highest BCUT2D eigenvalue weighted by atomic mass is 16.3. The van der Waals surface area contributed by atoms with Crippen LogP contribution < -0.4 is 0 Å². The smallest absolute Gasteiger partial charge is 0.136 e. The van der Waals surface area contributed by atoms with E-state index in [1.807, 2.05) is 12.3 Å². The van der Waals surface area contributed by atoms with Crippen molar-refractivity contribution in [2.45, 2.75) is 58.5 Å². The molecule has 0 saturated heterocycles. The van der Waals surface area contributed by atoms with Crippen molar-refractivity contribution in [3.05, 3.63) is 47.8 Å². The Kier molecular flexibility index (Phi) is 3.78. The Morgan fingerprint density at radius 2 is 2.00 bits per heavy atom. The van der Waals surface area contributed by atoms with Crippen LogP contribution in [-0.2, 0) is 4.79 Å². The van der Waals surface area contributed by atoms with Gasteiger partial charge in [0.15, 0.2) is 0 Å². The number of hydrogen-bond acceptors (Lipinski definition) is 3. The van der Waals surface area contributed by atoms with Crippen molar-refractivity contribution in [2.75, 3.05) is 0 Å². The van der Waals surface area contributed by atoms with Gasteiger partial charge in [-0.3, -0.25) is 9.78 Å². The number of aliphatic hydroxyl groups excluding tert-OH is 1. The maximum Gasteiger partial charge on any atom is 0.136 e. The zero-order valence-corrected chi connectivity index (χ0v) is 16.3. The second-order valence-electron chi connectivity index (χ2n) is 9.63. The number of carbonyl (C=O) groups excluding carboxylic acids is 1. The van der Waals surface area contributed by atoms with Crippen LogP contribution in [0.4, 0.5) is 0 Å². The molecule has 0 aliphatic heterocycles. The molecule has 0 radical (unpaired) electrons. The third-order valence-corrected chi connectivity index (χ3v) is 8.48. The number of hydrogen-bond donors (Lipinski definition) is 1. The summed E-state index contributed by atoms with van der Waals surface area (Å²) in [6.45, 7) is 4.75. The van der Waals surface area contributed by atoms with Gasteiger partial charge in [-0.2, -0.15) is 0 Å². The summed E-state index contributed by atoms with van der Waals surface area (Å²) in [6.07, 6.45) is 11.4. The molecule has 1 aromatic rings. The zero-order chi connectivity index (χ0) is 18.8. The van der Waals surface area contributed by atoms with E-state index in [1.54, 1.807) is 0 Å². The fourth-order valence-electron chi connectivity index (χ4n) is 6.96. The number of rotatable bonds is 1. The average molecular weight is 364 g/mol. The molecule has 0 aromatic carbocycles. The Morgan fingerprint density at radius 3 is 2.78 bits per heavy atom. The zero-order valence-electron chi connectivity index (χ0n) is 16.3. The average Bonchev–Trinajstić information content (AvgIpc) is 3.01. The predicted octanol–water partition coefficient (Wildman–Crippen LogP) is 4.58. The number of Topliss-reactive ketones (excluding diaryl/α,β-unsaturated/α-hetero) is 1. The molecule has 27 heavy (non-hydrogen) atoms. The molecule has 0 bridgehead atoms. The molecule has 4 aliphatic rings. The molecule has 5 rings (SSSR count).